The third-order valence-corrected chi connectivity index (χ3v) is 14.7. The Morgan fingerprint density at radius 1 is 1.15 bits per heavy atom. The van der Waals surface area contributed by atoms with Crippen molar-refractivity contribution in [3.8, 4) is 0 Å². The number of ether oxygens (including phenoxy) is 1. The highest BCUT2D eigenvalue weighted by atomic mass is 29.2. The fraction of sp³-hybridized carbons (Fsp3) is 0.462. The fourth-order valence-corrected chi connectivity index (χ4v) is 15.1. The lowest BCUT2D eigenvalue weighted by atomic mass is 10.2. The van der Waals surface area contributed by atoms with Crippen LogP contribution in [0.4, 0.5) is 4.79 Å². The molecule has 7 heteroatoms. The van der Waals surface area contributed by atoms with Crippen molar-refractivity contribution in [3.05, 3.63) is 35.9 Å². The van der Waals surface area contributed by atoms with Gasteiger partial charge in [0.2, 0.25) is 8.48 Å². The average molecular weight is 328 g/mol. The molecule has 1 aromatic carbocycles. The minimum absolute atomic E-state index is 0.154. The van der Waals surface area contributed by atoms with Gasteiger partial charge in [-0.15, -0.1) is 0 Å². The normalized spacial score (nSPS) is 13.9. The van der Waals surface area contributed by atoms with Gasteiger partial charge < -0.3 is 14.3 Å². The Morgan fingerprint density at radius 2 is 1.70 bits per heavy atom. The van der Waals surface area contributed by atoms with Crippen molar-refractivity contribution < 1.29 is 13.6 Å². The number of hydrogen-bond acceptors (Lipinski definition) is 4. The van der Waals surface area contributed by atoms with Crippen molar-refractivity contribution in [1.29, 1.82) is 0 Å². The summed E-state index contributed by atoms with van der Waals surface area (Å²) in [5.74, 6) is 0. The topological polar surface area (TPSA) is 61.5 Å². The average Bonchev–Trinajstić information content (AvgIpc) is 2.32. The van der Waals surface area contributed by atoms with Gasteiger partial charge in [0.05, 0.1) is 7.59 Å². The summed E-state index contributed by atoms with van der Waals surface area (Å²) in [6.45, 7) is 10.6. The summed E-state index contributed by atoms with van der Waals surface area (Å²) in [5, 5.41) is 6.04. The second-order valence-electron chi connectivity index (χ2n) is 6.56. The zero-order valence-electron chi connectivity index (χ0n) is 13.0. The van der Waals surface area contributed by atoms with E-state index in [0.29, 0.717) is 6.61 Å². The Bertz CT molecular complexity index is 440. The van der Waals surface area contributed by atoms with Gasteiger partial charge in [-0.1, -0.05) is 50.0 Å². The van der Waals surface area contributed by atoms with Gasteiger partial charge in [0.15, 0.2) is 0 Å². The number of rotatable bonds is 6. The molecule has 1 atom stereocenters. The van der Waals surface area contributed by atoms with Crippen LogP contribution in [0.25, 0.3) is 0 Å². The lowest BCUT2D eigenvalue weighted by molar-refractivity contribution is 0.162. The maximum absolute atomic E-state index is 12.4. The highest BCUT2D eigenvalue weighted by Crippen LogP contribution is 2.15. The Labute approximate surface area is 125 Å². The number of benzene rings is 1. The van der Waals surface area contributed by atoms with E-state index in [1.54, 1.807) is 0 Å². The summed E-state index contributed by atoms with van der Waals surface area (Å²) in [5.41, 5.74) is 0.840. The molecule has 0 fully saturated rings. The molecule has 0 radical (unpaired) electrons. The first kappa shape index (κ1) is 17.3. The molecule has 112 valence electrons. The first-order valence-corrected chi connectivity index (χ1v) is 16.1. The van der Waals surface area contributed by atoms with Crippen LogP contribution in [0.2, 0.25) is 32.7 Å². The summed E-state index contributed by atoms with van der Waals surface area (Å²) < 4.78 is 11.5. The van der Waals surface area contributed by atoms with Crippen molar-refractivity contribution in [2.24, 2.45) is 5.40 Å². The fourth-order valence-electron chi connectivity index (χ4n) is 1.69. The highest BCUT2D eigenvalue weighted by Gasteiger charge is 2.41. The quantitative estimate of drug-likeness (QED) is 0.816. The van der Waals surface area contributed by atoms with Crippen LogP contribution in [0.1, 0.15) is 5.56 Å². The van der Waals surface area contributed by atoms with Crippen molar-refractivity contribution in [1.82, 2.24) is 0 Å². The number of carbonyl (C=O) groups is 1. The van der Waals surface area contributed by atoms with Crippen LogP contribution in [0.5, 0.6) is 0 Å². The predicted octanol–water partition coefficient (Wildman–Crippen LogP) is 2.72. The molecule has 2 N–H and O–H groups in total. The van der Waals surface area contributed by atoms with E-state index in [1.807, 2.05) is 43.4 Å². The second kappa shape index (κ2) is 6.81. The summed E-state index contributed by atoms with van der Waals surface area (Å²) in [6, 6.07) is 9.70. The molecule has 4 nitrogen and oxygen atoms in total. The number of hydrogen-bond donors (Lipinski definition) is 1. The summed E-state index contributed by atoms with van der Waals surface area (Å²) in [4.78, 5) is 12.4. The largest absolute Gasteiger partial charge is 0.464 e. The van der Waals surface area contributed by atoms with Crippen molar-refractivity contribution in [2.45, 2.75) is 39.3 Å². The molecule has 0 aliphatic carbocycles. The molecule has 0 bridgehead atoms. The van der Waals surface area contributed by atoms with Gasteiger partial charge in [-0.05, 0) is 18.7 Å². The van der Waals surface area contributed by atoms with Gasteiger partial charge in [-0.3, -0.25) is 4.79 Å². The lowest BCUT2D eigenvalue weighted by Crippen LogP contribution is -2.59. The Morgan fingerprint density at radius 3 is 2.15 bits per heavy atom. The van der Waals surface area contributed by atoms with Crippen molar-refractivity contribution in [2.75, 3.05) is 0 Å². The van der Waals surface area contributed by atoms with Gasteiger partial charge in [0.1, 0.15) is 6.61 Å². The standard InChI is InChI=1S/C13H25NO3Si3/c1-19(2,3)18(17-20(4,5)14)13(15)16-11-12-9-7-6-8-10-12/h6-10,18H,11,14H2,1-5H3. The summed E-state index contributed by atoms with van der Waals surface area (Å²) >= 11 is 0. The highest BCUT2D eigenvalue weighted by molar-refractivity contribution is 7.40. The van der Waals surface area contributed by atoms with Crippen LogP contribution in [0.15, 0.2) is 30.3 Å². The first-order valence-electron chi connectivity index (χ1n) is 6.77. The number of carbonyl (C=O) groups excluding carboxylic acids is 1. The van der Waals surface area contributed by atoms with E-state index >= 15 is 0 Å². The maximum atomic E-state index is 12.4. The second-order valence-corrected chi connectivity index (χ2v) is 23.4. The molecule has 0 saturated heterocycles. The van der Waals surface area contributed by atoms with E-state index in [0.717, 1.165) is 5.56 Å². The SMILES string of the molecule is C[Si](C)(N)O[SiH](C(=O)OCc1ccccc1)[Si](C)(C)C. The minimum atomic E-state index is -2.21. The molecule has 0 aliphatic heterocycles. The van der Waals surface area contributed by atoms with Crippen LogP contribution < -0.4 is 5.40 Å². The van der Waals surface area contributed by atoms with E-state index in [2.05, 4.69) is 19.6 Å². The van der Waals surface area contributed by atoms with Crippen LogP contribution in [0.3, 0.4) is 0 Å². The van der Waals surface area contributed by atoms with E-state index in [-0.39, 0.29) is 5.59 Å². The molecule has 0 heterocycles. The monoisotopic (exact) mass is 327 g/mol. The molecular weight excluding hydrogens is 302 g/mol. The van der Waals surface area contributed by atoms with Gasteiger partial charge in [-0.2, -0.15) is 0 Å². The van der Waals surface area contributed by atoms with Crippen LogP contribution >= 0.6 is 0 Å². The third-order valence-electron chi connectivity index (χ3n) is 2.65. The summed E-state index contributed by atoms with van der Waals surface area (Å²) in [7, 11) is -5.97. The molecule has 1 unspecified atom stereocenters. The molecule has 0 spiro atoms. The zero-order chi connectivity index (χ0) is 15.4. The van der Waals surface area contributed by atoms with Crippen LogP contribution in [-0.2, 0) is 15.5 Å². The van der Waals surface area contributed by atoms with Gasteiger partial charge in [-0.25, -0.2) is 0 Å². The third kappa shape index (κ3) is 6.14. The zero-order valence-corrected chi connectivity index (χ0v) is 16.1. The Kier molecular flexibility index (Phi) is 5.90. The van der Waals surface area contributed by atoms with E-state index in [9.17, 15) is 4.79 Å². The number of nitrogens with two attached hydrogens (primary N) is 1. The molecule has 0 amide bonds. The molecule has 1 rings (SSSR count). The van der Waals surface area contributed by atoms with Crippen molar-refractivity contribution >= 4 is 30.2 Å². The van der Waals surface area contributed by atoms with E-state index in [4.69, 9.17) is 14.3 Å². The predicted molar refractivity (Wildman–Crippen MR) is 89.9 cm³/mol. The van der Waals surface area contributed by atoms with Crippen molar-refractivity contribution in [3.63, 3.8) is 0 Å². The van der Waals surface area contributed by atoms with Crippen LogP contribution in [-0.4, -0.2) is 30.2 Å². The van der Waals surface area contributed by atoms with E-state index < -0.39 is 24.6 Å². The molecule has 1 aromatic rings. The molecule has 0 saturated carbocycles. The summed E-state index contributed by atoms with van der Waals surface area (Å²) in [6.07, 6.45) is 0. The molecule has 0 aromatic heterocycles. The molecule has 0 aliphatic rings. The van der Waals surface area contributed by atoms with Crippen LogP contribution in [0, 0.1) is 0 Å². The smallest absolute Gasteiger partial charge is 0.296 e. The Balaban J connectivity index is 2.69. The molecular formula is C13H25NO3Si3. The van der Waals surface area contributed by atoms with Gasteiger partial charge in [0.25, 0.3) is 14.2 Å². The molecule has 20 heavy (non-hydrogen) atoms. The van der Waals surface area contributed by atoms with Gasteiger partial charge in [0, 0.05) is 0 Å². The maximum Gasteiger partial charge on any atom is 0.296 e. The Hall–Kier alpha value is -0.739. The van der Waals surface area contributed by atoms with Gasteiger partial charge >= 0.3 is 0 Å². The minimum Gasteiger partial charge on any atom is -0.464 e. The first-order chi connectivity index (χ1) is 9.09. The lowest BCUT2D eigenvalue weighted by Gasteiger charge is -2.30. The van der Waals surface area contributed by atoms with E-state index in [1.165, 1.54) is 0 Å².